The second-order valence-corrected chi connectivity index (χ2v) is 8.22. The van der Waals surface area contributed by atoms with Crippen LogP contribution in [0.1, 0.15) is 70.3 Å². The van der Waals surface area contributed by atoms with Crippen LogP contribution in [-0.2, 0) is 9.53 Å². The highest BCUT2D eigenvalue weighted by Crippen LogP contribution is 2.37. The summed E-state index contributed by atoms with van der Waals surface area (Å²) in [6, 6.07) is 5.39. The molecule has 1 aromatic rings. The molecule has 0 fully saturated rings. The van der Waals surface area contributed by atoms with Crippen LogP contribution in [0.15, 0.2) is 24.3 Å². The lowest BCUT2D eigenvalue weighted by Gasteiger charge is -2.24. The Morgan fingerprint density at radius 3 is 2.52 bits per heavy atom. The van der Waals surface area contributed by atoms with Gasteiger partial charge < -0.3 is 10.1 Å². The van der Waals surface area contributed by atoms with Gasteiger partial charge in [0.2, 0.25) is 0 Å². The molecule has 5 heteroatoms. The minimum absolute atomic E-state index is 0.0946. The molecule has 1 unspecified atom stereocenters. The first-order chi connectivity index (χ1) is 11.6. The molecule has 1 rings (SSSR count). The Bertz CT molecular complexity index is 621. The van der Waals surface area contributed by atoms with Crippen molar-refractivity contribution in [3.05, 3.63) is 35.4 Å². The highest BCUT2D eigenvalue weighted by molar-refractivity contribution is 9.09. The van der Waals surface area contributed by atoms with Gasteiger partial charge in [-0.2, -0.15) is 0 Å². The van der Waals surface area contributed by atoms with Crippen molar-refractivity contribution in [2.75, 3.05) is 5.32 Å². The number of halogens is 2. The summed E-state index contributed by atoms with van der Waals surface area (Å²) in [6.07, 6.45) is 3.13. The zero-order valence-electron chi connectivity index (χ0n) is 16.0. The third kappa shape index (κ3) is 6.81. The van der Waals surface area contributed by atoms with E-state index in [0.29, 0.717) is 23.2 Å². The van der Waals surface area contributed by atoms with Gasteiger partial charge in [0.25, 0.3) is 0 Å². The summed E-state index contributed by atoms with van der Waals surface area (Å²) in [4.78, 5) is 11.8. The van der Waals surface area contributed by atoms with E-state index in [2.05, 4.69) is 21.2 Å². The number of benzene rings is 1. The van der Waals surface area contributed by atoms with E-state index >= 15 is 0 Å². The standard InChI is InChI=1S/C20H29BrFNO2/c1-7-8-12-16(22)14-10-9-11-15(18(14)23-13(2)3)17(21)19(24)25-20(4,5)6/h9-13,17,23H,7-8H2,1-6H3/b16-12+. The van der Waals surface area contributed by atoms with Crippen molar-refractivity contribution in [2.24, 2.45) is 0 Å². The second kappa shape index (κ2) is 9.37. The van der Waals surface area contributed by atoms with E-state index in [9.17, 15) is 9.18 Å². The van der Waals surface area contributed by atoms with Crippen LogP contribution in [0.25, 0.3) is 5.83 Å². The zero-order valence-corrected chi connectivity index (χ0v) is 17.5. The van der Waals surface area contributed by atoms with E-state index in [0.717, 1.165) is 6.42 Å². The fraction of sp³-hybridized carbons (Fsp3) is 0.550. The van der Waals surface area contributed by atoms with Gasteiger partial charge in [0.1, 0.15) is 16.3 Å². The van der Waals surface area contributed by atoms with E-state index in [1.54, 1.807) is 18.2 Å². The molecule has 0 aliphatic rings. The van der Waals surface area contributed by atoms with Gasteiger partial charge in [-0.15, -0.1) is 0 Å². The molecule has 0 aliphatic heterocycles. The third-order valence-corrected chi connectivity index (χ3v) is 4.15. The maximum Gasteiger partial charge on any atom is 0.324 e. The Morgan fingerprint density at radius 1 is 1.36 bits per heavy atom. The Morgan fingerprint density at radius 2 is 2.00 bits per heavy atom. The lowest BCUT2D eigenvalue weighted by atomic mass is 10.0. The van der Waals surface area contributed by atoms with E-state index in [1.807, 2.05) is 47.6 Å². The molecule has 0 heterocycles. The number of rotatable bonds is 7. The first-order valence-electron chi connectivity index (χ1n) is 8.69. The number of hydrogen-bond acceptors (Lipinski definition) is 3. The number of esters is 1. The first kappa shape index (κ1) is 21.7. The van der Waals surface area contributed by atoms with Crippen molar-refractivity contribution >= 4 is 33.4 Å². The molecule has 0 bridgehead atoms. The number of allylic oxidation sites excluding steroid dienone is 1. The van der Waals surface area contributed by atoms with Crippen molar-refractivity contribution in [1.29, 1.82) is 0 Å². The number of anilines is 1. The molecule has 0 saturated carbocycles. The average molecular weight is 414 g/mol. The van der Waals surface area contributed by atoms with Crippen LogP contribution in [-0.4, -0.2) is 17.6 Å². The van der Waals surface area contributed by atoms with Gasteiger partial charge in [-0.25, -0.2) is 4.39 Å². The second-order valence-electron chi connectivity index (χ2n) is 7.31. The number of alkyl halides is 1. The maximum atomic E-state index is 14.6. The van der Waals surface area contributed by atoms with Gasteiger partial charge in [-0.3, -0.25) is 4.79 Å². The van der Waals surface area contributed by atoms with Crippen molar-refractivity contribution in [3.8, 4) is 0 Å². The number of nitrogens with one attached hydrogen (secondary N) is 1. The molecule has 0 aliphatic carbocycles. The van der Waals surface area contributed by atoms with Gasteiger partial charge in [0, 0.05) is 22.9 Å². The third-order valence-electron chi connectivity index (χ3n) is 3.29. The van der Waals surface area contributed by atoms with Gasteiger partial charge in [-0.1, -0.05) is 41.4 Å². The first-order valence-corrected chi connectivity index (χ1v) is 9.60. The molecule has 140 valence electrons. The number of ether oxygens (including phenoxy) is 1. The topological polar surface area (TPSA) is 38.3 Å². The molecule has 1 aromatic carbocycles. The summed E-state index contributed by atoms with van der Waals surface area (Å²) < 4.78 is 20.1. The summed E-state index contributed by atoms with van der Waals surface area (Å²) >= 11 is 3.42. The normalized spacial score (nSPS) is 13.7. The Hall–Kier alpha value is -1.36. The van der Waals surface area contributed by atoms with Crippen LogP contribution in [0.3, 0.4) is 0 Å². The lowest BCUT2D eigenvalue weighted by Crippen LogP contribution is -2.26. The highest BCUT2D eigenvalue weighted by atomic mass is 79.9. The average Bonchev–Trinajstić information content (AvgIpc) is 2.49. The van der Waals surface area contributed by atoms with Gasteiger partial charge >= 0.3 is 5.97 Å². The van der Waals surface area contributed by atoms with Crippen molar-refractivity contribution in [2.45, 2.75) is 70.9 Å². The number of carbonyl (C=O) groups is 1. The smallest absolute Gasteiger partial charge is 0.324 e. The summed E-state index contributed by atoms with van der Waals surface area (Å²) in [5, 5.41) is 3.28. The number of carbonyl (C=O) groups excluding carboxylic acids is 1. The molecule has 1 N–H and O–H groups in total. The molecule has 0 saturated heterocycles. The van der Waals surface area contributed by atoms with Crippen LogP contribution in [0, 0.1) is 0 Å². The lowest BCUT2D eigenvalue weighted by molar-refractivity contribution is -0.154. The predicted molar refractivity (Wildman–Crippen MR) is 107 cm³/mol. The van der Waals surface area contributed by atoms with Gasteiger partial charge in [0.05, 0.1) is 0 Å². The van der Waals surface area contributed by atoms with Crippen LogP contribution in [0.4, 0.5) is 10.1 Å². The molecule has 1 atom stereocenters. The summed E-state index contributed by atoms with van der Waals surface area (Å²) in [5.74, 6) is -0.676. The van der Waals surface area contributed by atoms with Crippen molar-refractivity contribution in [3.63, 3.8) is 0 Å². The number of para-hydroxylation sites is 1. The molecule has 0 spiro atoms. The van der Waals surface area contributed by atoms with E-state index in [1.165, 1.54) is 0 Å². The van der Waals surface area contributed by atoms with Crippen molar-refractivity contribution < 1.29 is 13.9 Å². The molecule has 3 nitrogen and oxygen atoms in total. The Labute approximate surface area is 159 Å². The van der Waals surface area contributed by atoms with E-state index in [4.69, 9.17) is 4.74 Å². The molecular formula is C20H29BrFNO2. The van der Waals surface area contributed by atoms with Crippen molar-refractivity contribution in [1.82, 2.24) is 0 Å². The SMILES string of the molecule is CCC/C=C(/F)c1cccc(C(Br)C(=O)OC(C)(C)C)c1NC(C)C. The van der Waals surface area contributed by atoms with E-state index < -0.39 is 16.4 Å². The fourth-order valence-corrected chi connectivity index (χ4v) is 2.77. The van der Waals surface area contributed by atoms with Crippen LogP contribution >= 0.6 is 15.9 Å². The molecule has 0 amide bonds. The number of hydrogen-bond donors (Lipinski definition) is 1. The largest absolute Gasteiger partial charge is 0.459 e. The zero-order chi connectivity index (χ0) is 19.2. The molecule has 0 radical (unpaired) electrons. The molecule has 0 aromatic heterocycles. The molecule has 25 heavy (non-hydrogen) atoms. The minimum atomic E-state index is -0.674. The summed E-state index contributed by atoms with van der Waals surface area (Å²) in [6.45, 7) is 11.4. The van der Waals surface area contributed by atoms with E-state index in [-0.39, 0.29) is 11.9 Å². The van der Waals surface area contributed by atoms with Crippen LogP contribution < -0.4 is 5.32 Å². The quantitative estimate of drug-likeness (QED) is 0.415. The van der Waals surface area contributed by atoms with Crippen LogP contribution in [0.2, 0.25) is 0 Å². The fourth-order valence-electron chi connectivity index (χ4n) is 2.29. The van der Waals surface area contributed by atoms with Gasteiger partial charge in [0.15, 0.2) is 0 Å². The highest BCUT2D eigenvalue weighted by Gasteiger charge is 2.27. The molecular weight excluding hydrogens is 385 g/mol. The Kier molecular flexibility index (Phi) is 8.13. The number of unbranched alkanes of at least 4 members (excludes halogenated alkanes) is 1. The summed E-state index contributed by atoms with van der Waals surface area (Å²) in [5.41, 5.74) is 1.17. The Balaban J connectivity index is 3.32. The summed E-state index contributed by atoms with van der Waals surface area (Å²) in [7, 11) is 0. The predicted octanol–water partition coefficient (Wildman–Crippen LogP) is 6.40. The minimum Gasteiger partial charge on any atom is -0.459 e. The van der Waals surface area contributed by atoms with Crippen LogP contribution in [0.5, 0.6) is 0 Å². The monoisotopic (exact) mass is 413 g/mol. The maximum absolute atomic E-state index is 14.6. The van der Waals surface area contributed by atoms with Gasteiger partial charge in [-0.05, 0) is 53.2 Å².